The van der Waals surface area contributed by atoms with Gasteiger partial charge in [0.25, 0.3) is 5.91 Å². The Morgan fingerprint density at radius 1 is 1.21 bits per heavy atom. The van der Waals surface area contributed by atoms with Gasteiger partial charge in [-0.25, -0.2) is 22.4 Å². The molecular formula is C18H18BrN5O3S. The fraction of sp³-hybridized carbons (Fsp3) is 0.167. The summed E-state index contributed by atoms with van der Waals surface area (Å²) in [4.78, 5) is 16.7. The lowest BCUT2D eigenvalue weighted by molar-refractivity contribution is 0.102. The third kappa shape index (κ3) is 4.29. The first-order chi connectivity index (χ1) is 13.3. The smallest absolute Gasteiger partial charge is 0.255 e. The third-order valence-corrected chi connectivity index (χ3v) is 6.83. The fourth-order valence-electron chi connectivity index (χ4n) is 2.50. The molecule has 2 aromatic carbocycles. The van der Waals surface area contributed by atoms with Crippen molar-refractivity contribution in [1.29, 1.82) is 0 Å². The van der Waals surface area contributed by atoms with Crippen LogP contribution in [0.25, 0.3) is 0 Å². The number of carbonyl (C=O) groups is 1. The number of aromatic nitrogens is 3. The van der Waals surface area contributed by atoms with Crippen LogP contribution in [0.4, 0.5) is 5.69 Å². The van der Waals surface area contributed by atoms with E-state index in [2.05, 4.69) is 31.3 Å². The number of rotatable bonds is 6. The average molecular weight is 464 g/mol. The number of nitrogens with one attached hydrogen (secondary N) is 1. The lowest BCUT2D eigenvalue weighted by atomic mass is 10.1. The van der Waals surface area contributed by atoms with Gasteiger partial charge >= 0.3 is 0 Å². The molecule has 0 fully saturated rings. The Morgan fingerprint density at radius 3 is 2.64 bits per heavy atom. The van der Waals surface area contributed by atoms with Gasteiger partial charge in [0.1, 0.15) is 12.7 Å². The van der Waals surface area contributed by atoms with E-state index in [4.69, 9.17) is 0 Å². The van der Waals surface area contributed by atoms with Crippen molar-refractivity contribution in [3.05, 3.63) is 70.7 Å². The van der Waals surface area contributed by atoms with Crippen molar-refractivity contribution in [3.63, 3.8) is 0 Å². The molecule has 0 spiro atoms. The summed E-state index contributed by atoms with van der Waals surface area (Å²) < 4.78 is 28.1. The van der Waals surface area contributed by atoms with E-state index in [9.17, 15) is 13.2 Å². The second-order valence-corrected chi connectivity index (χ2v) is 9.11. The van der Waals surface area contributed by atoms with Gasteiger partial charge in [0, 0.05) is 29.8 Å². The largest absolute Gasteiger partial charge is 0.322 e. The molecule has 3 aromatic rings. The van der Waals surface area contributed by atoms with Gasteiger partial charge in [-0.2, -0.15) is 5.10 Å². The minimum absolute atomic E-state index is 0.0288. The molecule has 0 saturated heterocycles. The number of nitrogens with zero attached hydrogens (tertiary/aromatic N) is 4. The molecule has 0 aliphatic heterocycles. The van der Waals surface area contributed by atoms with Crippen LogP contribution in [0.1, 0.15) is 15.9 Å². The first kappa shape index (κ1) is 20.2. The van der Waals surface area contributed by atoms with Gasteiger partial charge < -0.3 is 5.32 Å². The highest BCUT2D eigenvalue weighted by Crippen LogP contribution is 2.26. The van der Waals surface area contributed by atoms with Crippen LogP contribution < -0.4 is 5.32 Å². The molecule has 0 bridgehead atoms. The Hall–Kier alpha value is -2.56. The van der Waals surface area contributed by atoms with Crippen LogP contribution in [0.15, 0.2) is 64.5 Å². The quantitative estimate of drug-likeness (QED) is 0.605. The van der Waals surface area contributed by atoms with Crippen LogP contribution in [0.5, 0.6) is 0 Å². The molecule has 28 heavy (non-hydrogen) atoms. The Balaban J connectivity index is 1.89. The Morgan fingerprint density at radius 2 is 1.96 bits per heavy atom. The minimum atomic E-state index is -3.69. The van der Waals surface area contributed by atoms with E-state index in [0.29, 0.717) is 16.7 Å². The summed E-state index contributed by atoms with van der Waals surface area (Å²) >= 11 is 3.24. The monoisotopic (exact) mass is 463 g/mol. The molecular weight excluding hydrogens is 446 g/mol. The van der Waals surface area contributed by atoms with Crippen molar-refractivity contribution in [2.75, 3.05) is 19.4 Å². The maximum absolute atomic E-state index is 12.8. The van der Waals surface area contributed by atoms with Gasteiger partial charge in [-0.15, -0.1) is 0 Å². The molecule has 0 unspecified atom stereocenters. The first-order valence-electron chi connectivity index (χ1n) is 8.23. The van der Waals surface area contributed by atoms with Gasteiger partial charge in [-0.1, -0.05) is 18.2 Å². The van der Waals surface area contributed by atoms with Gasteiger partial charge in [-0.3, -0.25) is 4.79 Å². The average Bonchev–Trinajstić information content (AvgIpc) is 3.16. The third-order valence-electron chi connectivity index (χ3n) is 4.02. The highest BCUT2D eigenvalue weighted by Gasteiger charge is 2.22. The molecule has 1 heterocycles. The van der Waals surface area contributed by atoms with Crippen molar-refractivity contribution in [2.45, 2.75) is 11.4 Å². The van der Waals surface area contributed by atoms with E-state index >= 15 is 0 Å². The van der Waals surface area contributed by atoms with E-state index < -0.39 is 15.9 Å². The first-order valence-corrected chi connectivity index (χ1v) is 10.5. The van der Waals surface area contributed by atoms with Crippen LogP contribution in [-0.2, 0) is 16.6 Å². The van der Waals surface area contributed by atoms with Crippen molar-refractivity contribution in [2.24, 2.45) is 0 Å². The van der Waals surface area contributed by atoms with E-state index in [1.807, 2.05) is 18.2 Å². The summed E-state index contributed by atoms with van der Waals surface area (Å²) in [6, 6.07) is 11.8. The maximum atomic E-state index is 12.8. The molecule has 1 N–H and O–H groups in total. The normalized spacial score (nSPS) is 11.6. The van der Waals surface area contributed by atoms with E-state index in [1.54, 1.807) is 29.2 Å². The molecule has 146 valence electrons. The van der Waals surface area contributed by atoms with Crippen LogP contribution >= 0.6 is 15.9 Å². The molecule has 10 heteroatoms. The lowest BCUT2D eigenvalue weighted by Gasteiger charge is -2.15. The SMILES string of the molecule is CN(C)S(=O)(=O)c1cc(C(=O)Nc2ccccc2Cn2cncn2)ccc1Br. The molecule has 0 radical (unpaired) electrons. The maximum Gasteiger partial charge on any atom is 0.255 e. The molecule has 8 nitrogen and oxygen atoms in total. The molecule has 0 aliphatic rings. The van der Waals surface area contributed by atoms with Gasteiger partial charge in [-0.05, 0) is 45.8 Å². The van der Waals surface area contributed by atoms with Crippen molar-refractivity contribution in [1.82, 2.24) is 19.1 Å². The van der Waals surface area contributed by atoms with Crippen LogP contribution in [-0.4, -0.2) is 47.5 Å². The lowest BCUT2D eigenvalue weighted by Crippen LogP contribution is -2.23. The highest BCUT2D eigenvalue weighted by atomic mass is 79.9. The molecule has 1 aromatic heterocycles. The van der Waals surface area contributed by atoms with Crippen LogP contribution in [0, 0.1) is 0 Å². The highest BCUT2D eigenvalue weighted by molar-refractivity contribution is 9.10. The fourth-order valence-corrected chi connectivity index (χ4v) is 4.35. The second kappa shape index (κ2) is 8.21. The van der Waals surface area contributed by atoms with Crippen molar-refractivity contribution >= 4 is 37.5 Å². The summed E-state index contributed by atoms with van der Waals surface area (Å²) in [5.74, 6) is -0.409. The number of para-hydroxylation sites is 1. The van der Waals surface area contributed by atoms with Crippen molar-refractivity contribution < 1.29 is 13.2 Å². The topological polar surface area (TPSA) is 97.2 Å². The number of hydrogen-bond donors (Lipinski definition) is 1. The number of amides is 1. The zero-order valence-corrected chi connectivity index (χ0v) is 17.6. The van der Waals surface area contributed by atoms with Crippen LogP contribution in [0.2, 0.25) is 0 Å². The van der Waals surface area contributed by atoms with Gasteiger partial charge in [0.2, 0.25) is 10.0 Å². The van der Waals surface area contributed by atoms with Gasteiger partial charge in [0.15, 0.2) is 0 Å². The molecule has 0 aliphatic carbocycles. The number of carbonyl (C=O) groups excluding carboxylic acids is 1. The summed E-state index contributed by atoms with van der Waals surface area (Å²) in [6.45, 7) is 0.442. The molecule has 1 amide bonds. The molecule has 0 atom stereocenters. The predicted octanol–water partition coefficient (Wildman–Crippen LogP) is 2.59. The summed E-state index contributed by atoms with van der Waals surface area (Å²) in [5, 5.41) is 6.91. The second-order valence-electron chi connectivity index (χ2n) is 6.14. The van der Waals surface area contributed by atoms with Crippen molar-refractivity contribution in [3.8, 4) is 0 Å². The van der Waals surface area contributed by atoms with E-state index in [0.717, 1.165) is 9.87 Å². The Labute approximate surface area is 171 Å². The van der Waals surface area contributed by atoms with Gasteiger partial charge in [0.05, 0.1) is 11.4 Å². The predicted molar refractivity (Wildman–Crippen MR) is 109 cm³/mol. The summed E-state index contributed by atoms with van der Waals surface area (Å²) in [6.07, 6.45) is 3.03. The zero-order chi connectivity index (χ0) is 20.3. The number of halogens is 1. The zero-order valence-electron chi connectivity index (χ0n) is 15.2. The minimum Gasteiger partial charge on any atom is -0.322 e. The number of sulfonamides is 1. The standard InChI is InChI=1S/C18H18BrN5O3S/c1-23(2)28(26,27)17-9-13(7-8-15(17)19)18(25)22-16-6-4-3-5-14(16)10-24-12-20-11-21-24/h3-9,11-12H,10H2,1-2H3,(H,22,25). The number of hydrogen-bond acceptors (Lipinski definition) is 5. The number of benzene rings is 2. The number of anilines is 1. The molecule has 3 rings (SSSR count). The van der Waals surface area contributed by atoms with E-state index in [1.165, 1.54) is 26.5 Å². The van der Waals surface area contributed by atoms with Crippen LogP contribution in [0.3, 0.4) is 0 Å². The molecule has 0 saturated carbocycles. The Kier molecular flexibility index (Phi) is 5.92. The summed E-state index contributed by atoms with van der Waals surface area (Å²) in [5.41, 5.74) is 1.70. The Bertz CT molecular complexity index is 1100. The van der Waals surface area contributed by atoms with E-state index in [-0.39, 0.29) is 10.5 Å². The summed E-state index contributed by atoms with van der Waals surface area (Å²) in [7, 11) is -0.812.